The van der Waals surface area contributed by atoms with Crippen LogP contribution in [-0.2, 0) is 16.6 Å². The molecule has 3 rings (SSSR count). The molecule has 1 aliphatic rings. The van der Waals surface area contributed by atoms with Gasteiger partial charge in [-0.1, -0.05) is 0 Å². The van der Waals surface area contributed by atoms with Gasteiger partial charge >= 0.3 is 0 Å². The van der Waals surface area contributed by atoms with Gasteiger partial charge in [0.05, 0.1) is 17.7 Å². The molecule has 5 nitrogen and oxygen atoms in total. The summed E-state index contributed by atoms with van der Waals surface area (Å²) in [6.45, 7) is 2.55. The van der Waals surface area contributed by atoms with Crippen molar-refractivity contribution < 1.29 is 18.3 Å². The van der Waals surface area contributed by atoms with Gasteiger partial charge in [0.15, 0.2) is 0 Å². The van der Waals surface area contributed by atoms with Crippen molar-refractivity contribution >= 4 is 11.7 Å². The Hall–Kier alpha value is -2.28. The van der Waals surface area contributed by atoms with Crippen molar-refractivity contribution in [2.75, 3.05) is 11.9 Å². The highest BCUT2D eigenvalue weighted by Gasteiger charge is 2.29. The van der Waals surface area contributed by atoms with Gasteiger partial charge in [0.2, 0.25) is 5.91 Å². The smallest absolute Gasteiger partial charge is 0.231 e. The number of carbonyl (C=O) groups excluding carboxylic acids is 1. The van der Waals surface area contributed by atoms with Crippen LogP contribution in [0.1, 0.15) is 19.8 Å². The lowest BCUT2D eigenvalue weighted by Crippen LogP contribution is -2.36. The molecule has 0 saturated carbocycles. The van der Waals surface area contributed by atoms with Crippen LogP contribution >= 0.6 is 0 Å². The van der Waals surface area contributed by atoms with Crippen molar-refractivity contribution in [3.63, 3.8) is 0 Å². The van der Waals surface area contributed by atoms with Gasteiger partial charge < -0.3 is 10.1 Å². The first kappa shape index (κ1) is 16.6. The number of aryl methyl sites for hydroxylation is 1. The van der Waals surface area contributed by atoms with Crippen molar-refractivity contribution in [2.24, 2.45) is 13.0 Å². The van der Waals surface area contributed by atoms with E-state index in [9.17, 15) is 13.6 Å². The van der Waals surface area contributed by atoms with Gasteiger partial charge in [-0.15, -0.1) is 0 Å². The maximum absolute atomic E-state index is 13.9. The zero-order valence-electron chi connectivity index (χ0n) is 13.6. The van der Waals surface area contributed by atoms with Crippen LogP contribution in [-0.4, -0.2) is 28.4 Å². The van der Waals surface area contributed by atoms with Crippen LogP contribution in [0.3, 0.4) is 0 Å². The fraction of sp³-hybridized carbons (Fsp3) is 0.412. The third-order valence-corrected chi connectivity index (χ3v) is 4.28. The third kappa shape index (κ3) is 3.31. The Balaban J connectivity index is 1.80. The second kappa shape index (κ2) is 6.68. The minimum atomic E-state index is -0.694. The monoisotopic (exact) mass is 335 g/mol. The predicted octanol–water partition coefficient (Wildman–Crippen LogP) is 3.12. The summed E-state index contributed by atoms with van der Waals surface area (Å²) in [4.78, 5) is 12.4. The number of amides is 1. The van der Waals surface area contributed by atoms with Gasteiger partial charge in [-0.25, -0.2) is 8.78 Å². The minimum Gasteiger partial charge on any atom is -0.378 e. The summed E-state index contributed by atoms with van der Waals surface area (Å²) in [5, 5.41) is 7.01. The van der Waals surface area contributed by atoms with E-state index in [-0.39, 0.29) is 23.5 Å². The van der Waals surface area contributed by atoms with E-state index in [2.05, 4.69) is 10.4 Å². The maximum Gasteiger partial charge on any atom is 0.231 e. The molecule has 1 N–H and O–H groups in total. The molecule has 24 heavy (non-hydrogen) atoms. The Morgan fingerprint density at radius 1 is 1.38 bits per heavy atom. The Morgan fingerprint density at radius 2 is 2.17 bits per heavy atom. The highest BCUT2D eigenvalue weighted by atomic mass is 19.1. The number of nitrogens with zero attached hydrogens (tertiary/aromatic N) is 2. The van der Waals surface area contributed by atoms with Crippen LogP contribution in [0, 0.1) is 17.6 Å². The van der Waals surface area contributed by atoms with Crippen molar-refractivity contribution in [2.45, 2.75) is 25.9 Å². The first-order valence-electron chi connectivity index (χ1n) is 7.87. The quantitative estimate of drug-likeness (QED) is 0.938. The molecule has 2 unspecified atom stereocenters. The van der Waals surface area contributed by atoms with E-state index < -0.39 is 11.6 Å². The lowest BCUT2D eigenvalue weighted by atomic mass is 9.94. The van der Waals surface area contributed by atoms with Crippen LogP contribution in [0.15, 0.2) is 24.3 Å². The van der Waals surface area contributed by atoms with Gasteiger partial charge in [-0.3, -0.25) is 9.48 Å². The van der Waals surface area contributed by atoms with Gasteiger partial charge in [0.1, 0.15) is 17.5 Å². The number of benzene rings is 1. The molecule has 128 valence electrons. The minimum absolute atomic E-state index is 0.138. The predicted molar refractivity (Wildman–Crippen MR) is 85.3 cm³/mol. The van der Waals surface area contributed by atoms with Gasteiger partial charge in [-0.05, 0) is 31.9 Å². The normalized spacial score (nSPS) is 20.8. The van der Waals surface area contributed by atoms with Crippen LogP contribution in [0.25, 0.3) is 11.3 Å². The average molecular weight is 335 g/mol. The summed E-state index contributed by atoms with van der Waals surface area (Å²) in [5.41, 5.74) is 0.514. The van der Waals surface area contributed by atoms with E-state index in [1.54, 1.807) is 13.1 Å². The van der Waals surface area contributed by atoms with E-state index in [1.807, 2.05) is 6.92 Å². The highest BCUT2D eigenvalue weighted by Crippen LogP contribution is 2.26. The van der Waals surface area contributed by atoms with Crippen molar-refractivity contribution in [3.05, 3.63) is 35.9 Å². The second-order valence-corrected chi connectivity index (χ2v) is 5.98. The van der Waals surface area contributed by atoms with E-state index in [0.29, 0.717) is 18.1 Å². The number of hydrogen-bond acceptors (Lipinski definition) is 3. The molecule has 2 heterocycles. The fourth-order valence-electron chi connectivity index (χ4n) is 2.90. The number of hydrogen-bond donors (Lipinski definition) is 1. The standard InChI is InChI=1S/C17H19F2N3O2/c1-10-12(4-3-7-24-10)17(23)20-16-9-15(21-22(16)2)13-6-5-11(18)8-14(13)19/h5-6,8-10,12H,3-4,7H2,1-2H3,(H,20,23). The molecule has 1 aliphatic heterocycles. The molecule has 1 saturated heterocycles. The highest BCUT2D eigenvalue weighted by molar-refractivity contribution is 5.92. The zero-order chi connectivity index (χ0) is 17.3. The summed E-state index contributed by atoms with van der Waals surface area (Å²) in [6, 6.07) is 4.88. The molecule has 0 aliphatic carbocycles. The molecule has 1 aromatic carbocycles. The molecule has 0 bridgehead atoms. The van der Waals surface area contributed by atoms with Gasteiger partial charge in [0.25, 0.3) is 0 Å². The second-order valence-electron chi connectivity index (χ2n) is 5.98. The molecule has 7 heteroatoms. The molecule has 2 atom stereocenters. The number of nitrogens with one attached hydrogen (secondary N) is 1. The molecule has 0 spiro atoms. The Bertz CT molecular complexity index is 760. The summed E-state index contributed by atoms with van der Waals surface area (Å²) in [6.07, 6.45) is 1.48. The molecular formula is C17H19F2N3O2. The van der Waals surface area contributed by atoms with E-state index in [4.69, 9.17) is 4.74 Å². The van der Waals surface area contributed by atoms with E-state index in [1.165, 1.54) is 16.8 Å². The summed E-state index contributed by atoms with van der Waals surface area (Å²) >= 11 is 0. The molecule has 0 radical (unpaired) electrons. The van der Waals surface area contributed by atoms with E-state index in [0.717, 1.165) is 18.9 Å². The number of halogens is 2. The van der Waals surface area contributed by atoms with Crippen LogP contribution in [0.4, 0.5) is 14.6 Å². The Morgan fingerprint density at radius 3 is 2.88 bits per heavy atom. The molecule has 1 amide bonds. The van der Waals surface area contributed by atoms with Crippen molar-refractivity contribution in [1.82, 2.24) is 9.78 Å². The maximum atomic E-state index is 13.9. The molecule has 2 aromatic rings. The average Bonchev–Trinajstić information content (AvgIpc) is 2.88. The summed E-state index contributed by atoms with van der Waals surface area (Å²) in [5.74, 6) is -1.25. The molecule has 1 fully saturated rings. The summed E-state index contributed by atoms with van der Waals surface area (Å²) in [7, 11) is 1.65. The number of carbonyl (C=O) groups is 1. The number of ether oxygens (including phenoxy) is 1. The molecular weight excluding hydrogens is 316 g/mol. The number of aromatic nitrogens is 2. The van der Waals surface area contributed by atoms with Gasteiger partial charge in [0, 0.05) is 31.4 Å². The summed E-state index contributed by atoms with van der Waals surface area (Å²) < 4.78 is 33.9. The third-order valence-electron chi connectivity index (χ3n) is 4.28. The zero-order valence-corrected chi connectivity index (χ0v) is 13.6. The Labute approximate surface area is 138 Å². The van der Waals surface area contributed by atoms with Crippen LogP contribution in [0.2, 0.25) is 0 Å². The first-order valence-corrected chi connectivity index (χ1v) is 7.87. The van der Waals surface area contributed by atoms with Crippen molar-refractivity contribution in [3.8, 4) is 11.3 Å². The lowest BCUT2D eigenvalue weighted by Gasteiger charge is -2.27. The Kier molecular flexibility index (Phi) is 4.62. The largest absolute Gasteiger partial charge is 0.378 e. The topological polar surface area (TPSA) is 56.1 Å². The molecule has 1 aromatic heterocycles. The number of anilines is 1. The SMILES string of the molecule is CC1OCCCC1C(=O)Nc1cc(-c2ccc(F)cc2F)nn1C. The van der Waals surface area contributed by atoms with E-state index >= 15 is 0 Å². The number of rotatable bonds is 3. The van der Waals surface area contributed by atoms with Crippen LogP contribution in [0.5, 0.6) is 0 Å². The lowest BCUT2D eigenvalue weighted by molar-refractivity contribution is -0.127. The van der Waals surface area contributed by atoms with Crippen LogP contribution < -0.4 is 5.32 Å². The van der Waals surface area contributed by atoms with Gasteiger partial charge in [-0.2, -0.15) is 5.10 Å². The van der Waals surface area contributed by atoms with Crippen molar-refractivity contribution in [1.29, 1.82) is 0 Å². The first-order chi connectivity index (χ1) is 11.5. The fourth-order valence-corrected chi connectivity index (χ4v) is 2.90.